The van der Waals surface area contributed by atoms with Crippen molar-refractivity contribution in [2.45, 2.75) is 27.7 Å². The third-order valence-corrected chi connectivity index (χ3v) is 5.32. The number of hydrogen-bond acceptors (Lipinski definition) is 7. The number of ether oxygens (including phenoxy) is 1. The Labute approximate surface area is 164 Å². The van der Waals surface area contributed by atoms with E-state index in [0.29, 0.717) is 11.2 Å². The molecule has 3 N–H and O–H groups in total. The molecular formula is C18H19N5O4S. The van der Waals surface area contributed by atoms with Gasteiger partial charge in [-0.05, 0) is 39.3 Å². The molecule has 3 aromatic rings. The lowest BCUT2D eigenvalue weighted by atomic mass is 10.1. The molecule has 28 heavy (non-hydrogen) atoms. The first-order valence-electron chi connectivity index (χ1n) is 8.48. The van der Waals surface area contributed by atoms with Crippen LogP contribution in [0.15, 0.2) is 12.3 Å². The summed E-state index contributed by atoms with van der Waals surface area (Å²) in [6.45, 7) is 7.09. The number of amides is 2. The molecule has 3 rings (SSSR count). The average Bonchev–Trinajstić information content (AvgIpc) is 3.16. The summed E-state index contributed by atoms with van der Waals surface area (Å²) in [7, 11) is 0. The predicted octanol–water partition coefficient (Wildman–Crippen LogP) is 2.24. The number of nitrogens with one attached hydrogen (secondary N) is 1. The van der Waals surface area contributed by atoms with Crippen LogP contribution in [0.4, 0.5) is 5.00 Å². The number of carbonyl (C=O) groups excluding carboxylic acids is 3. The van der Waals surface area contributed by atoms with Gasteiger partial charge in [0.05, 0.1) is 23.2 Å². The third-order valence-electron chi connectivity index (χ3n) is 4.10. The molecule has 0 aliphatic rings. The molecule has 0 saturated heterocycles. The van der Waals surface area contributed by atoms with Gasteiger partial charge < -0.3 is 15.8 Å². The second kappa shape index (κ2) is 7.39. The van der Waals surface area contributed by atoms with Gasteiger partial charge in [0.15, 0.2) is 5.65 Å². The number of hydrogen-bond donors (Lipinski definition) is 2. The Hall–Kier alpha value is -3.27. The molecule has 3 aromatic heterocycles. The molecule has 0 aliphatic carbocycles. The number of aryl methyl sites for hydroxylation is 2. The summed E-state index contributed by atoms with van der Waals surface area (Å²) in [5, 5.41) is 7.06. The Morgan fingerprint density at radius 1 is 1.29 bits per heavy atom. The van der Waals surface area contributed by atoms with Gasteiger partial charge in [0, 0.05) is 11.4 Å². The summed E-state index contributed by atoms with van der Waals surface area (Å²) in [6.07, 6.45) is 1.41. The fourth-order valence-electron chi connectivity index (χ4n) is 2.89. The van der Waals surface area contributed by atoms with Crippen LogP contribution in [-0.2, 0) is 4.74 Å². The number of rotatable bonds is 5. The molecule has 10 heteroatoms. The van der Waals surface area contributed by atoms with Gasteiger partial charge in [-0.25, -0.2) is 14.3 Å². The van der Waals surface area contributed by atoms with E-state index in [-0.39, 0.29) is 27.6 Å². The van der Waals surface area contributed by atoms with Crippen LogP contribution in [0, 0.1) is 20.8 Å². The molecule has 0 unspecified atom stereocenters. The molecule has 0 fully saturated rings. The van der Waals surface area contributed by atoms with E-state index in [4.69, 9.17) is 10.5 Å². The molecule has 0 aromatic carbocycles. The molecule has 9 nitrogen and oxygen atoms in total. The van der Waals surface area contributed by atoms with E-state index < -0.39 is 17.8 Å². The zero-order valence-electron chi connectivity index (χ0n) is 15.8. The fraction of sp³-hybridized carbons (Fsp3) is 0.278. The molecule has 2 amide bonds. The van der Waals surface area contributed by atoms with Gasteiger partial charge in [-0.15, -0.1) is 11.3 Å². The monoisotopic (exact) mass is 401 g/mol. The Morgan fingerprint density at radius 2 is 2.00 bits per heavy atom. The summed E-state index contributed by atoms with van der Waals surface area (Å²) in [5.41, 5.74) is 8.09. The van der Waals surface area contributed by atoms with Crippen molar-refractivity contribution in [3.63, 3.8) is 0 Å². The molecule has 0 saturated carbocycles. The Bertz CT molecular complexity index is 1120. The number of nitrogens with zero attached hydrogens (tertiary/aromatic N) is 3. The quantitative estimate of drug-likeness (QED) is 0.631. The first kappa shape index (κ1) is 19.5. The van der Waals surface area contributed by atoms with Gasteiger partial charge in [0.1, 0.15) is 10.6 Å². The number of nitrogens with two attached hydrogens (primary N) is 1. The van der Waals surface area contributed by atoms with Crippen LogP contribution in [0.25, 0.3) is 5.65 Å². The second-order valence-electron chi connectivity index (χ2n) is 6.13. The summed E-state index contributed by atoms with van der Waals surface area (Å²) in [5.74, 6) is -1.82. The molecule has 0 aliphatic heterocycles. The van der Waals surface area contributed by atoms with Crippen molar-refractivity contribution in [3.05, 3.63) is 45.2 Å². The number of anilines is 1. The fourth-order valence-corrected chi connectivity index (χ4v) is 3.93. The van der Waals surface area contributed by atoms with Crippen molar-refractivity contribution in [2.24, 2.45) is 5.73 Å². The van der Waals surface area contributed by atoms with E-state index in [0.717, 1.165) is 22.7 Å². The highest BCUT2D eigenvalue weighted by atomic mass is 32.1. The molecule has 3 heterocycles. The average molecular weight is 401 g/mol. The van der Waals surface area contributed by atoms with Crippen LogP contribution < -0.4 is 11.1 Å². The summed E-state index contributed by atoms with van der Waals surface area (Å²) < 4.78 is 6.61. The van der Waals surface area contributed by atoms with E-state index in [1.54, 1.807) is 18.4 Å². The van der Waals surface area contributed by atoms with Gasteiger partial charge in [-0.3, -0.25) is 9.59 Å². The summed E-state index contributed by atoms with van der Waals surface area (Å²) >= 11 is 0.931. The minimum Gasteiger partial charge on any atom is -0.462 e. The number of esters is 1. The van der Waals surface area contributed by atoms with Crippen LogP contribution in [0.3, 0.4) is 0 Å². The largest absolute Gasteiger partial charge is 0.462 e. The van der Waals surface area contributed by atoms with Crippen molar-refractivity contribution >= 4 is 39.8 Å². The highest BCUT2D eigenvalue weighted by Crippen LogP contribution is 2.34. The SMILES string of the molecule is CCOC(=O)c1c(NC(=O)c2cnn3c(C)cc(C)nc23)sc(C(N)=O)c1C. The van der Waals surface area contributed by atoms with Crippen molar-refractivity contribution in [2.75, 3.05) is 11.9 Å². The number of fused-ring (bicyclic) bond motifs is 1. The highest BCUT2D eigenvalue weighted by molar-refractivity contribution is 7.18. The molecule has 0 atom stereocenters. The van der Waals surface area contributed by atoms with Crippen molar-refractivity contribution in [1.82, 2.24) is 14.6 Å². The van der Waals surface area contributed by atoms with Gasteiger partial charge in [0.25, 0.3) is 11.8 Å². The second-order valence-corrected chi connectivity index (χ2v) is 7.15. The lowest BCUT2D eigenvalue weighted by Crippen LogP contribution is -2.15. The highest BCUT2D eigenvalue weighted by Gasteiger charge is 2.27. The van der Waals surface area contributed by atoms with Crippen LogP contribution in [-0.4, -0.2) is 39.0 Å². The van der Waals surface area contributed by atoms with Crippen LogP contribution in [0.1, 0.15) is 54.3 Å². The molecule has 0 spiro atoms. The maximum absolute atomic E-state index is 12.9. The van der Waals surface area contributed by atoms with E-state index in [1.165, 1.54) is 6.20 Å². The lowest BCUT2D eigenvalue weighted by molar-refractivity contribution is 0.0527. The number of primary amides is 1. The Balaban J connectivity index is 2.04. The third kappa shape index (κ3) is 3.33. The first-order chi connectivity index (χ1) is 13.2. The van der Waals surface area contributed by atoms with Gasteiger partial charge in [0.2, 0.25) is 0 Å². The smallest absolute Gasteiger partial charge is 0.341 e. The molecule has 146 valence electrons. The summed E-state index contributed by atoms with van der Waals surface area (Å²) in [4.78, 5) is 41.4. The molecule has 0 bridgehead atoms. The van der Waals surface area contributed by atoms with Crippen molar-refractivity contribution < 1.29 is 19.1 Å². The maximum atomic E-state index is 12.9. The minimum atomic E-state index is -0.683. The topological polar surface area (TPSA) is 129 Å². The number of aromatic nitrogens is 3. The van der Waals surface area contributed by atoms with Crippen molar-refractivity contribution in [3.8, 4) is 0 Å². The number of thiophene rings is 1. The normalized spacial score (nSPS) is 10.9. The minimum absolute atomic E-state index is 0.116. The Kier molecular flexibility index (Phi) is 5.14. The van der Waals surface area contributed by atoms with E-state index in [2.05, 4.69) is 15.4 Å². The standard InChI is InChI=1S/C18H19N5O4S/c1-5-27-18(26)12-10(4)13(14(19)24)28-17(12)22-16(25)11-7-20-23-9(3)6-8(2)21-15(11)23/h6-7H,5H2,1-4H3,(H2,19,24)(H,22,25). The lowest BCUT2D eigenvalue weighted by Gasteiger charge is -2.07. The van der Waals surface area contributed by atoms with Gasteiger partial charge in [-0.1, -0.05) is 0 Å². The summed E-state index contributed by atoms with van der Waals surface area (Å²) in [6, 6.07) is 1.85. The van der Waals surface area contributed by atoms with Crippen LogP contribution >= 0.6 is 11.3 Å². The molecular weight excluding hydrogens is 382 g/mol. The van der Waals surface area contributed by atoms with Crippen LogP contribution in [0.2, 0.25) is 0 Å². The number of carbonyl (C=O) groups is 3. The zero-order chi connectivity index (χ0) is 20.6. The first-order valence-corrected chi connectivity index (χ1v) is 9.29. The van der Waals surface area contributed by atoms with Gasteiger partial charge >= 0.3 is 5.97 Å². The predicted molar refractivity (Wildman–Crippen MR) is 104 cm³/mol. The van der Waals surface area contributed by atoms with E-state index >= 15 is 0 Å². The van der Waals surface area contributed by atoms with E-state index in [9.17, 15) is 14.4 Å². The maximum Gasteiger partial charge on any atom is 0.341 e. The Morgan fingerprint density at radius 3 is 2.64 bits per heavy atom. The molecule has 0 radical (unpaired) electrons. The zero-order valence-corrected chi connectivity index (χ0v) is 16.6. The van der Waals surface area contributed by atoms with Crippen LogP contribution in [0.5, 0.6) is 0 Å². The van der Waals surface area contributed by atoms with Crippen molar-refractivity contribution in [1.29, 1.82) is 0 Å². The van der Waals surface area contributed by atoms with Gasteiger partial charge in [-0.2, -0.15) is 5.10 Å². The van der Waals surface area contributed by atoms with E-state index in [1.807, 2.05) is 19.9 Å².